The fourth-order valence-electron chi connectivity index (χ4n) is 6.56. The molecule has 0 atom stereocenters. The number of pyridine rings is 1. The molecule has 6 rings (SSSR count). The Kier molecular flexibility index (Phi) is 13.7. The predicted octanol–water partition coefficient (Wildman–Crippen LogP) is 7.80. The van der Waals surface area contributed by atoms with Gasteiger partial charge in [0.2, 0.25) is 15.1 Å². The summed E-state index contributed by atoms with van der Waals surface area (Å²) in [5, 5.41) is 13.6. The Morgan fingerprint density at radius 3 is 2.35 bits per heavy atom. The fourth-order valence-corrected chi connectivity index (χ4v) is 7.96. The van der Waals surface area contributed by atoms with Crippen LogP contribution in [0.15, 0.2) is 85.1 Å². The van der Waals surface area contributed by atoms with Crippen LogP contribution in [-0.2, 0) is 20.2 Å². The van der Waals surface area contributed by atoms with E-state index in [4.69, 9.17) is 14.2 Å². The first-order valence-electron chi connectivity index (χ1n) is 19.2. The number of aromatic nitrogens is 1. The maximum Gasteiger partial charge on any atom is 0.323 e. The molecule has 15 nitrogen and oxygen atoms in total. The number of methoxy groups -OCH3 is 2. The summed E-state index contributed by atoms with van der Waals surface area (Å²) >= 11 is 1.37. The van der Waals surface area contributed by atoms with Crippen LogP contribution in [0.25, 0.3) is 10.8 Å². The third kappa shape index (κ3) is 11.4. The van der Waals surface area contributed by atoms with E-state index >= 15 is 0 Å². The average Bonchev–Trinajstić information content (AvgIpc) is 3.19. The first kappa shape index (κ1) is 43.5. The molecule has 3 amide bonds. The quantitative estimate of drug-likeness (QED) is 0.0644. The van der Waals surface area contributed by atoms with Crippen LogP contribution in [0.4, 0.5) is 33.4 Å². The number of thioether (sulfide) groups is 1. The van der Waals surface area contributed by atoms with Gasteiger partial charge < -0.3 is 35.5 Å². The standard InChI is InChI=1S/C43H49N7O8S2/c1-43(2,3)27-22-34(40(57-5)35(23-27)49-60(6,54)55)48-42(53)47-33-14-15-36(31-11-8-7-10-30(31)33)58-29-16-18-44-38(25-29)46-28-12-13-32(37(24-28)56-4)41(52)45-17-9-19-50-20-21-59-39(51)26-50/h7-8,10-16,18,22-25,49H,9,17,19-21,26H2,1-6H3,(H,44,46)(H,45,52)(H2,47,48,53). The molecule has 0 unspecified atom stereocenters. The van der Waals surface area contributed by atoms with Crippen molar-refractivity contribution in [2.75, 3.05) is 73.1 Å². The van der Waals surface area contributed by atoms with Crippen molar-refractivity contribution in [3.05, 3.63) is 96.2 Å². The summed E-state index contributed by atoms with van der Waals surface area (Å²) < 4.78 is 44.3. The van der Waals surface area contributed by atoms with Crippen LogP contribution in [0.3, 0.4) is 0 Å². The zero-order valence-corrected chi connectivity index (χ0v) is 35.9. The van der Waals surface area contributed by atoms with E-state index < -0.39 is 16.1 Å². The molecule has 1 saturated heterocycles. The molecule has 1 aromatic heterocycles. The third-order valence-electron chi connectivity index (χ3n) is 9.47. The fraction of sp³-hybridized carbons (Fsp3) is 0.302. The first-order chi connectivity index (χ1) is 28.6. The topological polar surface area (TPSA) is 189 Å². The number of hydrogen-bond donors (Lipinski definition) is 5. The molecule has 2 heterocycles. The van der Waals surface area contributed by atoms with Crippen LogP contribution in [0.2, 0.25) is 0 Å². The van der Waals surface area contributed by atoms with E-state index in [2.05, 4.69) is 35.9 Å². The second kappa shape index (κ2) is 18.9. The van der Waals surface area contributed by atoms with Crippen LogP contribution < -0.4 is 40.2 Å². The van der Waals surface area contributed by atoms with Gasteiger partial charge in [-0.3, -0.25) is 19.2 Å². The number of nitrogens with one attached hydrogen (secondary N) is 5. The molecule has 0 spiro atoms. The molecular weight excluding hydrogens is 807 g/mol. The SMILES string of the molecule is COc1cc(Nc2cc(Oc3ccc(NC(=O)Nc4cc(C(C)(C)C)cc(NS(C)(=O)=O)c4OC)c4ccccc34)ccn2)ccc1C(=O)NCCCN1CCSC(=O)C1. The largest absolute Gasteiger partial charge is 0.496 e. The molecule has 1 aliphatic rings. The highest BCUT2D eigenvalue weighted by Gasteiger charge is 2.23. The minimum absolute atomic E-state index is 0.164. The van der Waals surface area contributed by atoms with E-state index in [1.165, 1.54) is 26.0 Å². The molecule has 4 aromatic carbocycles. The molecule has 5 aromatic rings. The number of sulfonamides is 1. The molecule has 316 valence electrons. The molecule has 1 fully saturated rings. The van der Waals surface area contributed by atoms with E-state index in [0.29, 0.717) is 58.5 Å². The van der Waals surface area contributed by atoms with Crippen LogP contribution in [0.5, 0.6) is 23.0 Å². The van der Waals surface area contributed by atoms with Crippen molar-refractivity contribution in [3.8, 4) is 23.0 Å². The Balaban J connectivity index is 1.13. The number of carbonyl (C=O) groups is 3. The van der Waals surface area contributed by atoms with Gasteiger partial charge in [-0.15, -0.1) is 0 Å². The minimum atomic E-state index is -3.65. The molecular formula is C43H49N7O8S2. The number of carbonyl (C=O) groups excluding carboxylic acids is 3. The molecule has 0 radical (unpaired) electrons. The van der Waals surface area contributed by atoms with E-state index in [1.807, 2.05) is 45.0 Å². The number of anilines is 5. The highest BCUT2D eigenvalue weighted by molar-refractivity contribution is 8.13. The lowest BCUT2D eigenvalue weighted by Crippen LogP contribution is -2.37. The lowest BCUT2D eigenvalue weighted by molar-refractivity contribution is -0.112. The van der Waals surface area contributed by atoms with Crippen LogP contribution in [0.1, 0.15) is 43.1 Å². The maximum atomic E-state index is 13.5. The predicted molar refractivity (Wildman–Crippen MR) is 238 cm³/mol. The van der Waals surface area contributed by atoms with Crippen molar-refractivity contribution >= 4 is 78.2 Å². The number of benzene rings is 4. The van der Waals surface area contributed by atoms with Crippen molar-refractivity contribution in [3.63, 3.8) is 0 Å². The summed E-state index contributed by atoms with van der Waals surface area (Å²) in [4.78, 5) is 44.8. The van der Waals surface area contributed by atoms with Crippen molar-refractivity contribution in [2.24, 2.45) is 0 Å². The summed E-state index contributed by atoms with van der Waals surface area (Å²) in [6.07, 6.45) is 3.38. The van der Waals surface area contributed by atoms with E-state index in [1.54, 1.807) is 60.8 Å². The number of ether oxygens (including phenoxy) is 3. The van der Waals surface area contributed by atoms with Crippen LogP contribution in [-0.4, -0.2) is 87.8 Å². The van der Waals surface area contributed by atoms with Crippen molar-refractivity contribution in [2.45, 2.75) is 32.6 Å². The highest BCUT2D eigenvalue weighted by atomic mass is 32.2. The number of urea groups is 1. The van der Waals surface area contributed by atoms with Crippen molar-refractivity contribution in [1.29, 1.82) is 0 Å². The van der Waals surface area contributed by atoms with Gasteiger partial charge >= 0.3 is 6.03 Å². The molecule has 0 aliphatic carbocycles. The Morgan fingerprint density at radius 1 is 0.883 bits per heavy atom. The van der Waals surface area contributed by atoms with Gasteiger partial charge in [-0.05, 0) is 59.9 Å². The number of amides is 3. The van der Waals surface area contributed by atoms with E-state index in [0.717, 1.165) is 42.5 Å². The van der Waals surface area contributed by atoms with Crippen LogP contribution in [0, 0.1) is 0 Å². The van der Waals surface area contributed by atoms with Gasteiger partial charge in [-0.2, -0.15) is 0 Å². The molecule has 60 heavy (non-hydrogen) atoms. The van der Waals surface area contributed by atoms with Gasteiger partial charge in [0.15, 0.2) is 5.75 Å². The number of nitrogens with zero attached hydrogens (tertiary/aromatic N) is 2. The summed E-state index contributed by atoms with van der Waals surface area (Å²) in [6, 6.07) is 22.5. The molecule has 0 bridgehead atoms. The molecule has 5 N–H and O–H groups in total. The molecule has 1 aliphatic heterocycles. The Bertz CT molecular complexity index is 2510. The van der Waals surface area contributed by atoms with Gasteiger partial charge in [-0.1, -0.05) is 56.8 Å². The lowest BCUT2D eigenvalue weighted by Gasteiger charge is -2.24. The van der Waals surface area contributed by atoms with Crippen molar-refractivity contribution < 1.29 is 37.0 Å². The summed E-state index contributed by atoms with van der Waals surface area (Å²) in [5.41, 5.74) is 2.44. The van der Waals surface area contributed by atoms with Gasteiger partial charge in [0.05, 0.1) is 49.6 Å². The summed E-state index contributed by atoms with van der Waals surface area (Å²) in [7, 11) is -0.742. The molecule has 17 heteroatoms. The smallest absolute Gasteiger partial charge is 0.323 e. The van der Waals surface area contributed by atoms with Gasteiger partial charge in [0.25, 0.3) is 5.91 Å². The zero-order valence-electron chi connectivity index (χ0n) is 34.3. The Morgan fingerprint density at radius 2 is 1.63 bits per heavy atom. The summed E-state index contributed by atoms with van der Waals surface area (Å²) in [6.45, 7) is 8.46. The molecule has 0 saturated carbocycles. The number of hydrogen-bond acceptors (Lipinski definition) is 12. The van der Waals surface area contributed by atoms with Gasteiger partial charge in [0.1, 0.15) is 23.1 Å². The van der Waals surface area contributed by atoms with E-state index in [9.17, 15) is 22.8 Å². The van der Waals surface area contributed by atoms with Gasteiger partial charge in [-0.25, -0.2) is 18.2 Å². The number of rotatable bonds is 15. The second-order valence-electron chi connectivity index (χ2n) is 15.1. The Hall–Kier alpha value is -6.04. The third-order valence-corrected chi connectivity index (χ3v) is 10.9. The normalized spacial score (nSPS) is 13.3. The maximum absolute atomic E-state index is 13.5. The Labute approximate surface area is 354 Å². The van der Waals surface area contributed by atoms with Gasteiger partial charge in [0, 0.05) is 60.2 Å². The van der Waals surface area contributed by atoms with Crippen molar-refractivity contribution in [1.82, 2.24) is 15.2 Å². The zero-order chi connectivity index (χ0) is 43.0. The average molecular weight is 856 g/mol. The second-order valence-corrected chi connectivity index (χ2v) is 18.0. The minimum Gasteiger partial charge on any atom is -0.496 e. The van der Waals surface area contributed by atoms with Crippen LogP contribution >= 0.6 is 11.8 Å². The van der Waals surface area contributed by atoms with E-state index in [-0.39, 0.29) is 33.6 Å². The lowest BCUT2D eigenvalue weighted by atomic mass is 9.86. The summed E-state index contributed by atoms with van der Waals surface area (Å²) in [5.74, 6) is 2.62. The monoisotopic (exact) mass is 855 g/mol. The number of fused-ring (bicyclic) bond motifs is 1. The highest BCUT2D eigenvalue weighted by Crippen LogP contribution is 2.40. The first-order valence-corrected chi connectivity index (χ1v) is 22.0.